The summed E-state index contributed by atoms with van der Waals surface area (Å²) in [5.74, 6) is -0.141. The van der Waals surface area contributed by atoms with Gasteiger partial charge in [-0.25, -0.2) is 4.98 Å². The average molecular weight is 381 g/mol. The summed E-state index contributed by atoms with van der Waals surface area (Å²) in [7, 11) is 3.98. The molecular formula is C25H23N3O. The van der Waals surface area contributed by atoms with E-state index in [2.05, 4.69) is 5.32 Å². The molecule has 144 valence electrons. The third-order valence-corrected chi connectivity index (χ3v) is 4.92. The van der Waals surface area contributed by atoms with Gasteiger partial charge in [-0.1, -0.05) is 42.0 Å². The minimum Gasteiger partial charge on any atom is -0.378 e. The maximum atomic E-state index is 13.2. The van der Waals surface area contributed by atoms with Gasteiger partial charge in [0.2, 0.25) is 0 Å². The lowest BCUT2D eigenvalue weighted by Gasteiger charge is -2.14. The van der Waals surface area contributed by atoms with Crippen LogP contribution in [0, 0.1) is 6.92 Å². The third-order valence-electron chi connectivity index (χ3n) is 4.92. The van der Waals surface area contributed by atoms with Crippen molar-refractivity contribution >= 4 is 28.2 Å². The molecule has 1 amide bonds. The van der Waals surface area contributed by atoms with Gasteiger partial charge < -0.3 is 10.2 Å². The molecular weight excluding hydrogens is 358 g/mol. The predicted octanol–water partition coefficient (Wildman–Crippen LogP) is 5.53. The molecule has 1 N–H and O–H groups in total. The second kappa shape index (κ2) is 7.76. The molecule has 4 heteroatoms. The molecule has 0 saturated carbocycles. The van der Waals surface area contributed by atoms with Crippen LogP contribution in [-0.4, -0.2) is 25.0 Å². The molecule has 0 bridgehead atoms. The first-order valence-corrected chi connectivity index (χ1v) is 9.57. The normalized spacial score (nSPS) is 10.7. The van der Waals surface area contributed by atoms with Crippen LogP contribution in [0.15, 0.2) is 78.9 Å². The topological polar surface area (TPSA) is 45.2 Å². The molecule has 4 aromatic rings. The van der Waals surface area contributed by atoms with Crippen LogP contribution in [0.25, 0.3) is 22.2 Å². The van der Waals surface area contributed by atoms with Crippen molar-refractivity contribution in [1.82, 2.24) is 4.98 Å². The van der Waals surface area contributed by atoms with E-state index in [-0.39, 0.29) is 5.91 Å². The quantitative estimate of drug-likeness (QED) is 0.506. The molecule has 4 rings (SSSR count). The van der Waals surface area contributed by atoms with E-state index in [1.165, 1.54) is 0 Å². The second-order valence-corrected chi connectivity index (χ2v) is 7.34. The van der Waals surface area contributed by atoms with Gasteiger partial charge in [-0.3, -0.25) is 4.79 Å². The lowest BCUT2D eigenvalue weighted by atomic mass is 10.0. The zero-order valence-electron chi connectivity index (χ0n) is 16.8. The molecule has 0 unspecified atom stereocenters. The molecule has 4 nitrogen and oxygen atoms in total. The minimum absolute atomic E-state index is 0.141. The second-order valence-electron chi connectivity index (χ2n) is 7.34. The number of amides is 1. The lowest BCUT2D eigenvalue weighted by molar-refractivity contribution is 0.102. The highest BCUT2D eigenvalue weighted by atomic mass is 16.1. The molecule has 0 spiro atoms. The summed E-state index contributed by atoms with van der Waals surface area (Å²) in [5, 5.41) is 3.88. The van der Waals surface area contributed by atoms with E-state index in [0.29, 0.717) is 5.56 Å². The molecule has 3 aromatic carbocycles. The zero-order chi connectivity index (χ0) is 20.4. The van der Waals surface area contributed by atoms with Crippen molar-refractivity contribution in [2.75, 3.05) is 24.3 Å². The van der Waals surface area contributed by atoms with Crippen LogP contribution >= 0.6 is 0 Å². The Morgan fingerprint density at radius 1 is 0.897 bits per heavy atom. The maximum Gasteiger partial charge on any atom is 0.256 e. The monoisotopic (exact) mass is 381 g/mol. The van der Waals surface area contributed by atoms with Crippen LogP contribution in [0.3, 0.4) is 0 Å². The van der Waals surface area contributed by atoms with Crippen LogP contribution in [0.5, 0.6) is 0 Å². The number of nitrogens with one attached hydrogen (secondary N) is 1. The highest BCUT2D eigenvalue weighted by Gasteiger charge is 2.15. The van der Waals surface area contributed by atoms with Gasteiger partial charge in [0.05, 0.1) is 16.8 Å². The van der Waals surface area contributed by atoms with Crippen molar-refractivity contribution in [2.24, 2.45) is 0 Å². The molecule has 0 aliphatic carbocycles. The first kappa shape index (κ1) is 18.7. The summed E-state index contributed by atoms with van der Waals surface area (Å²) in [5.41, 5.74) is 6.14. The maximum absolute atomic E-state index is 13.2. The SMILES string of the molecule is Cc1ccc2nc(-c3ccccc3)cc(C(=O)Nc3ccc(N(C)C)cc3)c2c1. The molecule has 0 saturated heterocycles. The Labute approximate surface area is 170 Å². The Bertz CT molecular complexity index is 1170. The van der Waals surface area contributed by atoms with Gasteiger partial charge in [-0.2, -0.15) is 0 Å². The predicted molar refractivity (Wildman–Crippen MR) is 121 cm³/mol. The molecule has 1 aromatic heterocycles. The molecule has 1 heterocycles. The van der Waals surface area contributed by atoms with Gasteiger partial charge in [0.15, 0.2) is 0 Å². The number of hydrogen-bond donors (Lipinski definition) is 1. The van der Waals surface area contributed by atoms with Gasteiger partial charge in [-0.15, -0.1) is 0 Å². The van der Waals surface area contributed by atoms with E-state index in [1.54, 1.807) is 0 Å². The van der Waals surface area contributed by atoms with E-state index in [0.717, 1.165) is 39.1 Å². The van der Waals surface area contributed by atoms with Gasteiger partial charge >= 0.3 is 0 Å². The van der Waals surface area contributed by atoms with Crippen LogP contribution < -0.4 is 10.2 Å². The Hall–Kier alpha value is -3.66. The van der Waals surface area contributed by atoms with Gasteiger partial charge in [0, 0.05) is 36.4 Å². The van der Waals surface area contributed by atoms with Crippen molar-refractivity contribution in [1.29, 1.82) is 0 Å². The van der Waals surface area contributed by atoms with E-state index in [4.69, 9.17) is 4.98 Å². The van der Waals surface area contributed by atoms with Crippen molar-refractivity contribution in [3.05, 3.63) is 90.0 Å². The fourth-order valence-electron chi connectivity index (χ4n) is 3.33. The summed E-state index contributed by atoms with van der Waals surface area (Å²) in [4.78, 5) is 20.0. The van der Waals surface area contributed by atoms with Crippen LogP contribution in [0.2, 0.25) is 0 Å². The summed E-state index contributed by atoms with van der Waals surface area (Å²) < 4.78 is 0. The molecule has 0 radical (unpaired) electrons. The average Bonchev–Trinajstić information content (AvgIpc) is 2.74. The number of aromatic nitrogens is 1. The number of pyridine rings is 1. The fraction of sp³-hybridized carbons (Fsp3) is 0.120. The first-order chi connectivity index (χ1) is 14.0. The van der Waals surface area contributed by atoms with Crippen LogP contribution in [-0.2, 0) is 0 Å². The van der Waals surface area contributed by atoms with E-state index < -0.39 is 0 Å². The highest BCUT2D eigenvalue weighted by molar-refractivity contribution is 6.13. The largest absolute Gasteiger partial charge is 0.378 e. The number of nitrogens with zero attached hydrogens (tertiary/aromatic N) is 2. The van der Waals surface area contributed by atoms with Gasteiger partial charge in [0.25, 0.3) is 5.91 Å². The Balaban J connectivity index is 1.76. The standard InChI is InChI=1S/C25H23N3O/c1-17-9-14-23-21(15-17)22(16-24(27-23)18-7-5-4-6-8-18)25(29)26-19-10-12-20(13-11-19)28(2)3/h4-16H,1-3H3,(H,26,29). The summed E-state index contributed by atoms with van der Waals surface area (Å²) >= 11 is 0. The number of carbonyl (C=O) groups is 1. The molecule has 0 atom stereocenters. The number of rotatable bonds is 4. The van der Waals surface area contributed by atoms with Crippen molar-refractivity contribution < 1.29 is 4.79 Å². The number of carbonyl (C=O) groups excluding carboxylic acids is 1. The number of benzene rings is 3. The molecule has 29 heavy (non-hydrogen) atoms. The van der Waals surface area contributed by atoms with Gasteiger partial charge in [0.1, 0.15) is 0 Å². The van der Waals surface area contributed by atoms with Crippen molar-refractivity contribution in [2.45, 2.75) is 6.92 Å². The van der Waals surface area contributed by atoms with Crippen molar-refractivity contribution in [3.63, 3.8) is 0 Å². The zero-order valence-corrected chi connectivity index (χ0v) is 16.8. The Kier molecular flexibility index (Phi) is 5.00. The van der Waals surface area contributed by atoms with Crippen LogP contribution in [0.4, 0.5) is 11.4 Å². The van der Waals surface area contributed by atoms with Gasteiger partial charge in [-0.05, 0) is 49.4 Å². The fourth-order valence-corrected chi connectivity index (χ4v) is 3.33. The molecule has 0 fully saturated rings. The number of anilines is 2. The smallest absolute Gasteiger partial charge is 0.256 e. The van der Waals surface area contributed by atoms with E-state index in [9.17, 15) is 4.79 Å². The van der Waals surface area contributed by atoms with E-state index >= 15 is 0 Å². The number of hydrogen-bond acceptors (Lipinski definition) is 3. The minimum atomic E-state index is -0.141. The summed E-state index contributed by atoms with van der Waals surface area (Å²) in [6.45, 7) is 2.02. The lowest BCUT2D eigenvalue weighted by Crippen LogP contribution is -2.14. The Morgan fingerprint density at radius 2 is 1.62 bits per heavy atom. The van der Waals surface area contributed by atoms with Crippen LogP contribution in [0.1, 0.15) is 15.9 Å². The third kappa shape index (κ3) is 3.97. The summed E-state index contributed by atoms with van der Waals surface area (Å²) in [6.07, 6.45) is 0. The Morgan fingerprint density at radius 3 is 2.31 bits per heavy atom. The highest BCUT2D eigenvalue weighted by Crippen LogP contribution is 2.26. The molecule has 0 aliphatic rings. The summed E-state index contributed by atoms with van der Waals surface area (Å²) in [6, 6.07) is 25.6. The number of fused-ring (bicyclic) bond motifs is 1. The van der Waals surface area contributed by atoms with E-state index in [1.807, 2.05) is 105 Å². The number of aryl methyl sites for hydroxylation is 1. The van der Waals surface area contributed by atoms with Crippen molar-refractivity contribution in [3.8, 4) is 11.3 Å². The first-order valence-electron chi connectivity index (χ1n) is 9.57. The molecule has 0 aliphatic heterocycles.